The van der Waals surface area contributed by atoms with E-state index in [1.165, 1.54) is 11.9 Å². The van der Waals surface area contributed by atoms with Crippen LogP contribution in [-0.2, 0) is 6.42 Å². The summed E-state index contributed by atoms with van der Waals surface area (Å²) in [7, 11) is 0. The average molecular weight is 253 g/mol. The Morgan fingerprint density at radius 3 is 2.79 bits per heavy atom. The Kier molecular flexibility index (Phi) is 3.94. The highest BCUT2D eigenvalue weighted by Crippen LogP contribution is 2.24. The summed E-state index contributed by atoms with van der Waals surface area (Å²) in [6, 6.07) is 7.89. The van der Waals surface area contributed by atoms with Crippen LogP contribution in [0.25, 0.3) is 0 Å². The second-order valence-electron chi connectivity index (χ2n) is 4.11. The summed E-state index contributed by atoms with van der Waals surface area (Å²) in [4.78, 5) is 8.11. The molecule has 0 bridgehead atoms. The quantitative estimate of drug-likeness (QED) is 0.647. The Balaban J connectivity index is 2.31. The van der Waals surface area contributed by atoms with E-state index < -0.39 is 0 Å². The number of nitriles is 1. The van der Waals surface area contributed by atoms with Crippen molar-refractivity contribution in [2.75, 3.05) is 10.6 Å². The first-order valence-corrected chi connectivity index (χ1v) is 6.07. The van der Waals surface area contributed by atoms with Gasteiger partial charge in [0.25, 0.3) is 0 Å². The first-order chi connectivity index (χ1) is 9.24. The number of aryl methyl sites for hydroxylation is 2. The molecule has 5 heteroatoms. The van der Waals surface area contributed by atoms with Crippen molar-refractivity contribution in [2.45, 2.75) is 20.3 Å². The molecular weight excluding hydrogens is 238 g/mol. The van der Waals surface area contributed by atoms with E-state index >= 15 is 0 Å². The number of rotatable bonds is 4. The molecule has 2 N–H and O–H groups in total. The number of nitrogens with zero attached hydrogens (tertiary/aromatic N) is 3. The largest absolute Gasteiger partial charge is 0.340 e. The van der Waals surface area contributed by atoms with Crippen molar-refractivity contribution in [1.29, 1.82) is 5.26 Å². The topological polar surface area (TPSA) is 73.6 Å². The molecule has 96 valence electrons. The van der Waals surface area contributed by atoms with Crippen molar-refractivity contribution in [1.82, 2.24) is 9.97 Å². The standard InChI is InChI=1S/C14H15N5/c1-3-11-6-4-5-10(2)14(11)19-13-7-12(16-8-15)17-9-18-13/h4-7,9H,3H2,1-2H3,(H2,16,17,18,19). The van der Waals surface area contributed by atoms with E-state index in [0.29, 0.717) is 11.6 Å². The van der Waals surface area contributed by atoms with E-state index in [-0.39, 0.29) is 0 Å². The highest BCUT2D eigenvalue weighted by Gasteiger charge is 2.06. The summed E-state index contributed by atoms with van der Waals surface area (Å²) >= 11 is 0. The van der Waals surface area contributed by atoms with Gasteiger partial charge in [0.1, 0.15) is 18.0 Å². The van der Waals surface area contributed by atoms with E-state index in [1.807, 2.05) is 12.3 Å². The lowest BCUT2D eigenvalue weighted by Gasteiger charge is -2.13. The van der Waals surface area contributed by atoms with E-state index in [1.54, 1.807) is 6.07 Å². The van der Waals surface area contributed by atoms with Crippen LogP contribution in [0.4, 0.5) is 17.3 Å². The van der Waals surface area contributed by atoms with Crippen LogP contribution in [0.2, 0.25) is 0 Å². The van der Waals surface area contributed by atoms with Gasteiger partial charge in [0, 0.05) is 11.8 Å². The monoisotopic (exact) mass is 253 g/mol. The van der Waals surface area contributed by atoms with Crippen molar-refractivity contribution in [3.8, 4) is 6.19 Å². The van der Waals surface area contributed by atoms with Gasteiger partial charge in [0.05, 0.1) is 0 Å². The van der Waals surface area contributed by atoms with Crippen LogP contribution in [0.5, 0.6) is 0 Å². The van der Waals surface area contributed by atoms with E-state index in [0.717, 1.165) is 17.7 Å². The third-order valence-corrected chi connectivity index (χ3v) is 2.84. The van der Waals surface area contributed by atoms with Crippen LogP contribution >= 0.6 is 0 Å². The van der Waals surface area contributed by atoms with Gasteiger partial charge in [-0.15, -0.1) is 0 Å². The van der Waals surface area contributed by atoms with E-state index in [4.69, 9.17) is 5.26 Å². The fourth-order valence-corrected chi connectivity index (χ4v) is 1.88. The van der Waals surface area contributed by atoms with Gasteiger partial charge in [-0.2, -0.15) is 5.26 Å². The molecule has 0 saturated heterocycles. The van der Waals surface area contributed by atoms with Crippen LogP contribution in [0.1, 0.15) is 18.1 Å². The van der Waals surface area contributed by atoms with Gasteiger partial charge in [-0.1, -0.05) is 25.1 Å². The van der Waals surface area contributed by atoms with Crippen molar-refractivity contribution in [3.63, 3.8) is 0 Å². The smallest absolute Gasteiger partial charge is 0.182 e. The minimum atomic E-state index is 0.478. The summed E-state index contributed by atoms with van der Waals surface area (Å²) in [5.41, 5.74) is 3.45. The molecule has 0 unspecified atom stereocenters. The van der Waals surface area contributed by atoms with Crippen LogP contribution < -0.4 is 10.6 Å². The molecule has 5 nitrogen and oxygen atoms in total. The molecule has 1 heterocycles. The van der Waals surface area contributed by atoms with Crippen LogP contribution in [0, 0.1) is 18.4 Å². The Labute approximate surface area is 112 Å². The zero-order valence-electron chi connectivity index (χ0n) is 10.9. The molecule has 0 radical (unpaired) electrons. The number of anilines is 3. The molecule has 19 heavy (non-hydrogen) atoms. The maximum Gasteiger partial charge on any atom is 0.182 e. The van der Waals surface area contributed by atoms with Gasteiger partial charge >= 0.3 is 0 Å². The van der Waals surface area contributed by atoms with Gasteiger partial charge in [0.15, 0.2) is 6.19 Å². The minimum Gasteiger partial charge on any atom is -0.340 e. The van der Waals surface area contributed by atoms with Gasteiger partial charge in [0.2, 0.25) is 0 Å². The van der Waals surface area contributed by atoms with Crippen molar-refractivity contribution in [2.24, 2.45) is 0 Å². The second-order valence-corrected chi connectivity index (χ2v) is 4.11. The van der Waals surface area contributed by atoms with Gasteiger partial charge in [-0.05, 0) is 24.5 Å². The number of para-hydroxylation sites is 1. The summed E-state index contributed by atoms with van der Waals surface area (Å²) in [6.07, 6.45) is 4.21. The number of hydrogen-bond acceptors (Lipinski definition) is 5. The minimum absolute atomic E-state index is 0.478. The number of hydrogen-bond donors (Lipinski definition) is 2. The summed E-state index contributed by atoms with van der Waals surface area (Å²) in [6.45, 7) is 4.17. The van der Waals surface area contributed by atoms with E-state index in [9.17, 15) is 0 Å². The lowest BCUT2D eigenvalue weighted by molar-refractivity contribution is 1.12. The molecule has 0 aliphatic carbocycles. The molecule has 0 aliphatic rings. The Morgan fingerprint density at radius 2 is 2.05 bits per heavy atom. The molecule has 0 amide bonds. The fraction of sp³-hybridized carbons (Fsp3) is 0.214. The normalized spacial score (nSPS) is 9.74. The van der Waals surface area contributed by atoms with Gasteiger partial charge in [-0.25, -0.2) is 9.97 Å². The number of aromatic nitrogens is 2. The fourth-order valence-electron chi connectivity index (χ4n) is 1.88. The van der Waals surface area contributed by atoms with Gasteiger partial charge < -0.3 is 5.32 Å². The molecule has 1 aromatic carbocycles. The lowest BCUT2D eigenvalue weighted by atomic mass is 10.1. The summed E-state index contributed by atoms with van der Waals surface area (Å²) < 4.78 is 0. The number of nitrogens with one attached hydrogen (secondary N) is 2. The van der Waals surface area contributed by atoms with E-state index in [2.05, 4.69) is 46.6 Å². The second kappa shape index (κ2) is 5.83. The van der Waals surface area contributed by atoms with Crippen molar-refractivity contribution < 1.29 is 0 Å². The Morgan fingerprint density at radius 1 is 1.26 bits per heavy atom. The predicted octanol–water partition coefficient (Wildman–Crippen LogP) is 2.98. The molecule has 0 atom stereocenters. The Hall–Kier alpha value is -2.61. The van der Waals surface area contributed by atoms with Crippen LogP contribution in [0.3, 0.4) is 0 Å². The van der Waals surface area contributed by atoms with Crippen molar-refractivity contribution >= 4 is 17.3 Å². The summed E-state index contributed by atoms with van der Waals surface area (Å²) in [5.74, 6) is 1.14. The SMILES string of the molecule is CCc1cccc(C)c1Nc1cc(NC#N)ncn1. The molecule has 2 aromatic rings. The summed E-state index contributed by atoms with van der Waals surface area (Å²) in [5, 5.41) is 14.4. The lowest BCUT2D eigenvalue weighted by Crippen LogP contribution is -2.01. The molecule has 1 aromatic heterocycles. The van der Waals surface area contributed by atoms with Crippen molar-refractivity contribution in [3.05, 3.63) is 41.7 Å². The third kappa shape index (κ3) is 2.99. The predicted molar refractivity (Wildman–Crippen MR) is 75.1 cm³/mol. The average Bonchev–Trinajstić information content (AvgIpc) is 2.42. The van der Waals surface area contributed by atoms with Crippen LogP contribution in [0.15, 0.2) is 30.6 Å². The Bertz CT molecular complexity index is 615. The first kappa shape index (κ1) is 12.8. The molecule has 2 rings (SSSR count). The maximum absolute atomic E-state index is 8.58. The number of benzene rings is 1. The molecule has 0 fully saturated rings. The highest BCUT2D eigenvalue weighted by atomic mass is 15.1. The first-order valence-electron chi connectivity index (χ1n) is 6.07. The van der Waals surface area contributed by atoms with Crippen LogP contribution in [-0.4, -0.2) is 9.97 Å². The molecule has 0 spiro atoms. The molecule has 0 saturated carbocycles. The zero-order valence-corrected chi connectivity index (χ0v) is 10.9. The highest BCUT2D eigenvalue weighted by molar-refractivity contribution is 5.66. The molecule has 0 aliphatic heterocycles. The van der Waals surface area contributed by atoms with Gasteiger partial charge in [-0.3, -0.25) is 5.32 Å². The maximum atomic E-state index is 8.58. The zero-order chi connectivity index (χ0) is 13.7. The third-order valence-electron chi connectivity index (χ3n) is 2.84. The molecular formula is C14H15N5.